The topological polar surface area (TPSA) is 71.8 Å². The summed E-state index contributed by atoms with van der Waals surface area (Å²) in [6.45, 7) is -0.157. The van der Waals surface area contributed by atoms with E-state index in [0.717, 1.165) is 6.07 Å². The van der Waals surface area contributed by atoms with Crippen molar-refractivity contribution < 1.29 is 23.1 Å². The van der Waals surface area contributed by atoms with Crippen molar-refractivity contribution in [2.45, 2.75) is 6.54 Å². The number of benzene rings is 1. The van der Waals surface area contributed by atoms with E-state index < -0.39 is 11.7 Å². The average Bonchev–Trinajstić information content (AvgIpc) is 3.07. The van der Waals surface area contributed by atoms with Crippen molar-refractivity contribution in [3.63, 3.8) is 0 Å². The third kappa shape index (κ3) is 5.27. The fourth-order valence-electron chi connectivity index (χ4n) is 1.78. The molecule has 0 saturated heterocycles. The van der Waals surface area contributed by atoms with E-state index in [4.69, 9.17) is 20.8 Å². The fraction of sp³-hybridized carbons (Fsp3) is 0.250. The minimum absolute atomic E-state index is 0.0920. The summed E-state index contributed by atoms with van der Waals surface area (Å²) in [5.74, 6) is -0.407. The Morgan fingerprint density at radius 3 is 2.83 bits per heavy atom. The molecule has 1 N–H and O–H groups in total. The molecule has 6 nitrogen and oxygen atoms in total. The lowest BCUT2D eigenvalue weighted by Gasteiger charge is -2.17. The van der Waals surface area contributed by atoms with Gasteiger partial charge in [-0.05, 0) is 24.3 Å². The van der Waals surface area contributed by atoms with Crippen LogP contribution in [0.3, 0.4) is 0 Å². The third-order valence-corrected chi connectivity index (χ3v) is 3.39. The Labute approximate surface area is 143 Å². The number of hydrogen-bond donors (Lipinski definition) is 1. The summed E-state index contributed by atoms with van der Waals surface area (Å²) >= 11 is 5.63. The molecule has 0 bridgehead atoms. The SMILES string of the molecule is CN(CC(=O)NCc1ccco1)C(=O)COc1ccc(F)c(Cl)c1. The molecule has 0 fully saturated rings. The van der Waals surface area contributed by atoms with Crippen molar-refractivity contribution in [3.05, 3.63) is 53.2 Å². The van der Waals surface area contributed by atoms with Crippen LogP contribution in [-0.2, 0) is 16.1 Å². The first-order valence-corrected chi connectivity index (χ1v) is 7.44. The van der Waals surface area contributed by atoms with Gasteiger partial charge in [-0.25, -0.2) is 4.39 Å². The van der Waals surface area contributed by atoms with Crippen LogP contribution in [0.1, 0.15) is 5.76 Å². The number of carbonyl (C=O) groups is 2. The van der Waals surface area contributed by atoms with Crippen molar-refractivity contribution in [2.24, 2.45) is 0 Å². The van der Waals surface area contributed by atoms with Gasteiger partial charge < -0.3 is 19.4 Å². The lowest BCUT2D eigenvalue weighted by atomic mass is 10.3. The molecular weight excluding hydrogens is 339 g/mol. The molecule has 0 aliphatic heterocycles. The second-order valence-electron chi connectivity index (χ2n) is 4.97. The number of hydrogen-bond acceptors (Lipinski definition) is 4. The highest BCUT2D eigenvalue weighted by molar-refractivity contribution is 6.30. The van der Waals surface area contributed by atoms with Gasteiger partial charge in [0.1, 0.15) is 17.3 Å². The van der Waals surface area contributed by atoms with Gasteiger partial charge in [0.15, 0.2) is 6.61 Å². The summed E-state index contributed by atoms with van der Waals surface area (Å²) in [5, 5.41) is 2.54. The van der Waals surface area contributed by atoms with Gasteiger partial charge in [0.2, 0.25) is 5.91 Å². The normalized spacial score (nSPS) is 10.3. The first kappa shape index (κ1) is 17.8. The number of nitrogens with zero attached hydrogens (tertiary/aromatic N) is 1. The summed E-state index contributed by atoms with van der Waals surface area (Å²) in [5.41, 5.74) is 0. The monoisotopic (exact) mass is 354 g/mol. The van der Waals surface area contributed by atoms with Crippen LogP contribution >= 0.6 is 11.6 Å². The minimum atomic E-state index is -0.569. The summed E-state index contributed by atoms with van der Waals surface area (Å²) in [6, 6.07) is 7.24. The Kier molecular flexibility index (Phi) is 6.20. The number of amides is 2. The maximum Gasteiger partial charge on any atom is 0.260 e. The van der Waals surface area contributed by atoms with Crippen LogP contribution < -0.4 is 10.1 Å². The second-order valence-corrected chi connectivity index (χ2v) is 5.38. The predicted octanol–water partition coefficient (Wildman–Crippen LogP) is 2.23. The maximum atomic E-state index is 13.0. The van der Waals surface area contributed by atoms with Crippen molar-refractivity contribution in [1.29, 1.82) is 0 Å². The smallest absolute Gasteiger partial charge is 0.260 e. The summed E-state index contributed by atoms with van der Waals surface area (Å²) in [4.78, 5) is 24.9. The molecule has 0 aliphatic rings. The number of halogens is 2. The number of nitrogens with one attached hydrogen (secondary N) is 1. The van der Waals surface area contributed by atoms with E-state index in [1.807, 2.05) is 0 Å². The number of furan rings is 1. The number of likely N-dealkylation sites (N-methyl/N-ethyl adjacent to an activating group) is 1. The van der Waals surface area contributed by atoms with E-state index >= 15 is 0 Å². The Morgan fingerprint density at radius 2 is 2.17 bits per heavy atom. The molecule has 0 atom stereocenters. The van der Waals surface area contributed by atoms with Gasteiger partial charge >= 0.3 is 0 Å². The number of ether oxygens (including phenoxy) is 1. The number of rotatable bonds is 7. The highest BCUT2D eigenvalue weighted by Gasteiger charge is 2.14. The van der Waals surface area contributed by atoms with Gasteiger partial charge in [0.05, 0.1) is 24.4 Å². The lowest BCUT2D eigenvalue weighted by molar-refractivity contribution is -0.136. The van der Waals surface area contributed by atoms with Crippen LogP contribution in [0.15, 0.2) is 41.0 Å². The maximum absolute atomic E-state index is 13.0. The molecule has 2 aromatic rings. The standard InChI is InChI=1S/C16H16ClFN2O4/c1-20(9-15(21)19-8-12-3-2-6-23-12)16(22)10-24-11-4-5-14(18)13(17)7-11/h2-7H,8-10H2,1H3,(H,19,21). The van der Waals surface area contributed by atoms with Gasteiger partial charge in [-0.3, -0.25) is 9.59 Å². The molecule has 0 unspecified atom stereocenters. The number of carbonyl (C=O) groups excluding carboxylic acids is 2. The molecule has 2 rings (SSSR count). The van der Waals surface area contributed by atoms with E-state index in [-0.39, 0.29) is 36.4 Å². The third-order valence-electron chi connectivity index (χ3n) is 3.10. The van der Waals surface area contributed by atoms with E-state index in [2.05, 4.69) is 5.32 Å². The second kappa shape index (κ2) is 8.35. The minimum Gasteiger partial charge on any atom is -0.484 e. The average molecular weight is 355 g/mol. The van der Waals surface area contributed by atoms with Crippen LogP contribution in [0.25, 0.3) is 0 Å². The molecule has 1 aromatic carbocycles. The lowest BCUT2D eigenvalue weighted by Crippen LogP contribution is -2.40. The van der Waals surface area contributed by atoms with Crippen molar-refractivity contribution in [1.82, 2.24) is 10.2 Å². The fourth-order valence-corrected chi connectivity index (χ4v) is 1.95. The molecule has 0 aliphatic carbocycles. The van der Waals surface area contributed by atoms with Crippen LogP contribution in [0.5, 0.6) is 5.75 Å². The molecule has 8 heteroatoms. The van der Waals surface area contributed by atoms with Crippen LogP contribution in [0.2, 0.25) is 5.02 Å². The van der Waals surface area contributed by atoms with Gasteiger partial charge in [-0.2, -0.15) is 0 Å². The molecule has 2 amide bonds. The van der Waals surface area contributed by atoms with E-state index in [9.17, 15) is 14.0 Å². The Morgan fingerprint density at radius 1 is 1.38 bits per heavy atom. The molecular formula is C16H16ClFN2O4. The molecule has 1 aromatic heterocycles. The van der Waals surface area contributed by atoms with Crippen LogP contribution in [0, 0.1) is 5.82 Å². The zero-order valence-electron chi connectivity index (χ0n) is 12.9. The summed E-state index contributed by atoms with van der Waals surface area (Å²) < 4.78 is 23.4. The zero-order valence-corrected chi connectivity index (χ0v) is 13.7. The zero-order chi connectivity index (χ0) is 17.5. The quantitative estimate of drug-likeness (QED) is 0.827. The highest BCUT2D eigenvalue weighted by atomic mass is 35.5. The Balaban J connectivity index is 1.74. The predicted molar refractivity (Wildman–Crippen MR) is 85.1 cm³/mol. The molecule has 24 heavy (non-hydrogen) atoms. The first-order chi connectivity index (χ1) is 11.5. The van der Waals surface area contributed by atoms with Gasteiger partial charge in [-0.15, -0.1) is 0 Å². The van der Waals surface area contributed by atoms with Crippen LogP contribution in [0.4, 0.5) is 4.39 Å². The molecule has 128 valence electrons. The van der Waals surface area contributed by atoms with E-state index in [1.54, 1.807) is 12.1 Å². The van der Waals surface area contributed by atoms with Crippen molar-refractivity contribution in [2.75, 3.05) is 20.2 Å². The van der Waals surface area contributed by atoms with E-state index in [1.165, 1.54) is 30.3 Å². The van der Waals surface area contributed by atoms with Crippen molar-refractivity contribution in [3.8, 4) is 5.75 Å². The first-order valence-electron chi connectivity index (χ1n) is 7.06. The Hall–Kier alpha value is -2.54. The summed E-state index contributed by atoms with van der Waals surface area (Å²) in [6.07, 6.45) is 1.51. The highest BCUT2D eigenvalue weighted by Crippen LogP contribution is 2.20. The van der Waals surface area contributed by atoms with Gasteiger partial charge in [-0.1, -0.05) is 11.6 Å². The summed E-state index contributed by atoms with van der Waals surface area (Å²) in [7, 11) is 1.48. The molecule has 1 heterocycles. The Bertz CT molecular complexity index is 706. The molecule has 0 radical (unpaired) electrons. The molecule has 0 saturated carbocycles. The van der Waals surface area contributed by atoms with Crippen molar-refractivity contribution >= 4 is 23.4 Å². The van der Waals surface area contributed by atoms with Crippen LogP contribution in [-0.4, -0.2) is 36.9 Å². The van der Waals surface area contributed by atoms with Gasteiger partial charge in [0, 0.05) is 13.1 Å². The van der Waals surface area contributed by atoms with Gasteiger partial charge in [0.25, 0.3) is 5.91 Å². The van der Waals surface area contributed by atoms with E-state index in [0.29, 0.717) is 5.76 Å². The molecule has 0 spiro atoms. The largest absolute Gasteiger partial charge is 0.484 e.